The molecule has 3 atom stereocenters. The monoisotopic (exact) mass is 297 g/mol. The summed E-state index contributed by atoms with van der Waals surface area (Å²) in [6.07, 6.45) is 0. The number of nitrogens with one attached hydrogen (secondary N) is 1. The summed E-state index contributed by atoms with van der Waals surface area (Å²) in [6, 6.07) is 0. The standard InChI is InChI=1S/C7H13NO3S.CH4.Na.2H2S/c1-7(2)4-3-8-6(5(4)7)12-11-10-9;;;;/h4-6,8-9H,3H2,1-2H3;1H4;;2*1H2/q;;+1;;/p-1/t4-,5-,6+;;;;/m1..../s1. The molecule has 0 amide bonds. The van der Waals surface area contributed by atoms with E-state index in [1.54, 1.807) is 0 Å². The Morgan fingerprint density at radius 2 is 1.94 bits per heavy atom. The maximum absolute atomic E-state index is 9.60. The molecule has 1 N–H and O–H groups in total. The maximum Gasteiger partial charge on any atom is 1.00 e. The molecule has 2 fully saturated rings. The van der Waals surface area contributed by atoms with Crippen molar-refractivity contribution in [2.24, 2.45) is 17.3 Å². The van der Waals surface area contributed by atoms with E-state index in [1.165, 1.54) is 0 Å². The van der Waals surface area contributed by atoms with Gasteiger partial charge in [-0.3, -0.25) is 5.04 Å². The quantitative estimate of drug-likeness (QED) is 0.281. The van der Waals surface area contributed by atoms with E-state index >= 15 is 0 Å². The van der Waals surface area contributed by atoms with Gasteiger partial charge in [0.2, 0.25) is 0 Å². The Morgan fingerprint density at radius 3 is 2.31 bits per heavy atom. The van der Waals surface area contributed by atoms with Crippen molar-refractivity contribution in [3.8, 4) is 0 Å². The summed E-state index contributed by atoms with van der Waals surface area (Å²) in [6.45, 7) is 5.52. The van der Waals surface area contributed by atoms with Crippen LogP contribution in [-0.4, -0.2) is 11.9 Å². The largest absolute Gasteiger partial charge is 1.00 e. The van der Waals surface area contributed by atoms with Crippen LogP contribution in [0.5, 0.6) is 0 Å². The van der Waals surface area contributed by atoms with E-state index in [-0.39, 0.29) is 69.3 Å². The van der Waals surface area contributed by atoms with Crippen LogP contribution in [0.4, 0.5) is 0 Å². The van der Waals surface area contributed by atoms with Gasteiger partial charge in [-0.1, -0.05) is 21.3 Å². The Morgan fingerprint density at radius 1 is 1.38 bits per heavy atom. The molecule has 0 radical (unpaired) electrons. The minimum absolute atomic E-state index is 0. The molecule has 0 aromatic heterocycles. The van der Waals surface area contributed by atoms with Crippen LogP contribution in [0.15, 0.2) is 0 Å². The topological polar surface area (TPSA) is 53.5 Å². The summed E-state index contributed by atoms with van der Waals surface area (Å²) in [5.41, 5.74) is 0.412. The molecule has 94 valence electrons. The SMILES string of the molecule is C.CC1(C)[C@@H]2[C@H]1CN[C@H]2SOO[O-].S.S.[Na+]. The molecule has 0 aromatic carbocycles. The summed E-state index contributed by atoms with van der Waals surface area (Å²) < 4.78 is 4.31. The average Bonchev–Trinajstić information content (AvgIpc) is 2.49. The van der Waals surface area contributed by atoms with E-state index in [0.717, 1.165) is 24.5 Å². The van der Waals surface area contributed by atoms with E-state index in [4.69, 9.17) is 0 Å². The fourth-order valence-corrected chi connectivity index (χ4v) is 3.24. The van der Waals surface area contributed by atoms with Crippen LogP contribution in [0.2, 0.25) is 0 Å². The Bertz CT molecular complexity index is 199. The molecule has 1 aliphatic carbocycles. The van der Waals surface area contributed by atoms with Gasteiger partial charge in [-0.25, -0.2) is 0 Å². The zero-order chi connectivity index (χ0) is 8.77. The van der Waals surface area contributed by atoms with Crippen molar-refractivity contribution in [2.45, 2.75) is 26.6 Å². The summed E-state index contributed by atoms with van der Waals surface area (Å²) >= 11 is 1.09. The number of hydrogen-bond acceptors (Lipinski definition) is 5. The third kappa shape index (κ3) is 4.22. The van der Waals surface area contributed by atoms with Crippen molar-refractivity contribution < 1.29 is 44.2 Å². The summed E-state index contributed by atoms with van der Waals surface area (Å²) in [5.74, 6) is 1.36. The Labute approximate surface area is 138 Å². The molecule has 16 heavy (non-hydrogen) atoms. The fourth-order valence-electron chi connectivity index (χ4n) is 2.30. The molecule has 0 spiro atoms. The third-order valence-corrected chi connectivity index (χ3v) is 3.98. The minimum atomic E-state index is 0. The first-order chi connectivity index (χ1) is 5.68. The summed E-state index contributed by atoms with van der Waals surface area (Å²) in [4.78, 5) is 0. The van der Waals surface area contributed by atoms with E-state index in [0.29, 0.717) is 11.3 Å². The Kier molecular flexibility index (Phi) is 12.8. The van der Waals surface area contributed by atoms with Crippen molar-refractivity contribution in [1.29, 1.82) is 0 Å². The number of piperidine rings is 1. The van der Waals surface area contributed by atoms with Gasteiger partial charge in [0.25, 0.3) is 0 Å². The van der Waals surface area contributed by atoms with Gasteiger partial charge in [-0.05, 0) is 23.8 Å². The van der Waals surface area contributed by atoms with Crippen molar-refractivity contribution in [3.63, 3.8) is 0 Å². The molecule has 2 rings (SSSR count). The zero-order valence-corrected chi connectivity index (χ0v) is 13.9. The van der Waals surface area contributed by atoms with Gasteiger partial charge in [-0.2, -0.15) is 31.3 Å². The Balaban J connectivity index is -0.000000422. The fraction of sp³-hybridized carbons (Fsp3) is 1.00. The second-order valence-electron chi connectivity index (χ2n) is 4.01. The van der Waals surface area contributed by atoms with Gasteiger partial charge in [0, 0.05) is 12.0 Å². The molecule has 1 aliphatic heterocycles. The number of fused-ring (bicyclic) bond motifs is 1. The molecule has 0 aromatic rings. The molecule has 0 unspecified atom stereocenters. The second kappa shape index (κ2) is 8.90. The average molecular weight is 297 g/mol. The van der Waals surface area contributed by atoms with Crippen molar-refractivity contribution in [1.82, 2.24) is 5.32 Å². The van der Waals surface area contributed by atoms with Crippen molar-refractivity contribution in [2.75, 3.05) is 6.54 Å². The first kappa shape index (κ1) is 23.0. The second-order valence-corrected chi connectivity index (χ2v) is 4.85. The third-order valence-electron chi connectivity index (χ3n) is 3.17. The molecule has 0 bridgehead atoms. The minimum Gasteiger partial charge on any atom is -0.691 e. The summed E-state index contributed by atoms with van der Waals surface area (Å²) in [5, 5.41) is 16.4. The van der Waals surface area contributed by atoms with Gasteiger partial charge in [0.05, 0.1) is 5.37 Å². The van der Waals surface area contributed by atoms with Crippen LogP contribution in [0.25, 0.3) is 0 Å². The summed E-state index contributed by atoms with van der Waals surface area (Å²) in [7, 11) is 0. The number of rotatable bonds is 3. The van der Waals surface area contributed by atoms with E-state index in [2.05, 4.69) is 28.5 Å². The van der Waals surface area contributed by atoms with Crippen LogP contribution in [-0.2, 0) is 9.37 Å². The van der Waals surface area contributed by atoms with Gasteiger partial charge < -0.3 is 10.6 Å². The van der Waals surface area contributed by atoms with Crippen molar-refractivity contribution in [3.05, 3.63) is 0 Å². The predicted molar refractivity (Wildman–Crippen MR) is 69.8 cm³/mol. The van der Waals surface area contributed by atoms with Crippen LogP contribution < -0.4 is 40.1 Å². The van der Waals surface area contributed by atoms with E-state index < -0.39 is 0 Å². The van der Waals surface area contributed by atoms with E-state index in [9.17, 15) is 5.26 Å². The first-order valence-electron chi connectivity index (χ1n) is 4.03. The molecule has 1 heterocycles. The van der Waals surface area contributed by atoms with Crippen LogP contribution in [0.3, 0.4) is 0 Å². The van der Waals surface area contributed by atoms with Crippen LogP contribution in [0, 0.1) is 17.3 Å². The van der Waals surface area contributed by atoms with Gasteiger partial charge >= 0.3 is 29.6 Å². The first-order valence-corrected chi connectivity index (χ1v) is 4.83. The van der Waals surface area contributed by atoms with Gasteiger partial charge in [0.15, 0.2) is 0 Å². The predicted octanol–water partition coefficient (Wildman–Crippen LogP) is -2.07. The van der Waals surface area contributed by atoms with Crippen LogP contribution in [0.1, 0.15) is 21.3 Å². The molecule has 1 saturated carbocycles. The molecule has 4 nitrogen and oxygen atoms in total. The number of hydrogen-bond donors (Lipinski definition) is 1. The molecule has 8 heteroatoms. The normalized spacial score (nSPS) is 32.1. The van der Waals surface area contributed by atoms with Gasteiger partial charge in [0.1, 0.15) is 0 Å². The van der Waals surface area contributed by atoms with Crippen molar-refractivity contribution >= 4 is 39.0 Å². The molecule has 2 aliphatic rings. The van der Waals surface area contributed by atoms with E-state index in [1.807, 2.05) is 0 Å². The maximum atomic E-state index is 9.60. The molecule has 1 saturated heterocycles. The zero-order valence-electron chi connectivity index (χ0n) is 9.07. The van der Waals surface area contributed by atoms with Gasteiger partial charge in [-0.15, -0.1) is 0 Å². The molecular formula is C8H20NNaO3S3. The smallest absolute Gasteiger partial charge is 0.691 e. The van der Waals surface area contributed by atoms with Crippen LogP contribution >= 0.6 is 39.0 Å². The molecular weight excluding hydrogens is 277 g/mol. The Hall–Kier alpha value is 1.89.